The highest BCUT2D eigenvalue weighted by atomic mass is 16.5. The fraction of sp³-hybridized carbons (Fsp3) is 0.154. The lowest BCUT2D eigenvalue weighted by Gasteiger charge is -2.13. The van der Waals surface area contributed by atoms with E-state index in [2.05, 4.69) is 16.0 Å². The van der Waals surface area contributed by atoms with E-state index < -0.39 is 5.91 Å². The van der Waals surface area contributed by atoms with Gasteiger partial charge < -0.3 is 25.1 Å². The number of amides is 3. The number of hydrogen-bond donors (Lipinski definition) is 3. The molecule has 7 nitrogen and oxygen atoms in total. The number of furan rings is 1. The minimum Gasteiger partial charge on any atom is -0.486 e. The van der Waals surface area contributed by atoms with E-state index in [0.717, 1.165) is 16.5 Å². The molecule has 3 aromatic carbocycles. The van der Waals surface area contributed by atoms with Gasteiger partial charge in [0.15, 0.2) is 5.76 Å². The molecule has 0 aliphatic heterocycles. The minimum atomic E-state index is -0.425. The Bertz CT molecular complexity index is 1280. The highest BCUT2D eigenvalue weighted by molar-refractivity contribution is 6.05. The molecule has 0 unspecified atom stereocenters. The second-order valence-corrected chi connectivity index (χ2v) is 7.82. The first-order valence-corrected chi connectivity index (χ1v) is 10.7. The van der Waals surface area contributed by atoms with Gasteiger partial charge in [-0.3, -0.25) is 4.79 Å². The van der Waals surface area contributed by atoms with Crippen LogP contribution < -0.4 is 20.7 Å². The Balaban J connectivity index is 1.38. The van der Waals surface area contributed by atoms with Gasteiger partial charge in [0.2, 0.25) is 0 Å². The highest BCUT2D eigenvalue weighted by Gasteiger charge is 2.15. The summed E-state index contributed by atoms with van der Waals surface area (Å²) in [5.41, 5.74) is 0.946. The van der Waals surface area contributed by atoms with E-state index in [0.29, 0.717) is 17.1 Å². The Morgan fingerprint density at radius 3 is 2.30 bits per heavy atom. The Morgan fingerprint density at radius 2 is 1.55 bits per heavy atom. The van der Waals surface area contributed by atoms with Crippen molar-refractivity contribution >= 4 is 34.1 Å². The number of carbonyl (C=O) groups excluding carboxylic acids is 2. The number of hydrogen-bond acceptors (Lipinski definition) is 4. The smallest absolute Gasteiger partial charge is 0.319 e. The summed E-state index contributed by atoms with van der Waals surface area (Å²) in [6.45, 7) is 3.93. The Kier molecular flexibility index (Phi) is 6.59. The standard InChI is InChI=1S/C26H25N3O4/c1-17(2)27-26(31)29-23-10-6-5-9-22(23)28-25(30)24-14-13-21(33-24)16-32-20-12-11-18-7-3-4-8-19(18)15-20/h3-15,17H,16H2,1-2H3,(H,28,30)(H2,27,29,31). The quantitative estimate of drug-likeness (QED) is 0.337. The number of ether oxygens (including phenoxy) is 1. The summed E-state index contributed by atoms with van der Waals surface area (Å²) in [4.78, 5) is 24.7. The van der Waals surface area contributed by atoms with Gasteiger partial charge in [0.1, 0.15) is 18.1 Å². The van der Waals surface area contributed by atoms with Gasteiger partial charge >= 0.3 is 6.03 Å². The van der Waals surface area contributed by atoms with Crippen molar-refractivity contribution in [1.82, 2.24) is 5.32 Å². The largest absolute Gasteiger partial charge is 0.486 e. The number of fused-ring (bicyclic) bond motifs is 1. The van der Waals surface area contributed by atoms with Crippen molar-refractivity contribution in [1.29, 1.82) is 0 Å². The average Bonchev–Trinajstić information content (AvgIpc) is 3.27. The number of rotatable bonds is 7. The lowest BCUT2D eigenvalue weighted by Crippen LogP contribution is -2.34. The van der Waals surface area contributed by atoms with Crippen LogP contribution >= 0.6 is 0 Å². The molecule has 4 aromatic rings. The Morgan fingerprint density at radius 1 is 0.848 bits per heavy atom. The van der Waals surface area contributed by atoms with Crippen LogP contribution in [-0.2, 0) is 6.61 Å². The fourth-order valence-corrected chi connectivity index (χ4v) is 3.29. The van der Waals surface area contributed by atoms with Crippen LogP contribution in [0.3, 0.4) is 0 Å². The summed E-state index contributed by atoms with van der Waals surface area (Å²) >= 11 is 0. The minimum absolute atomic E-state index is 0.00915. The van der Waals surface area contributed by atoms with Crippen LogP contribution in [0.4, 0.5) is 16.2 Å². The molecule has 0 saturated carbocycles. The molecule has 0 aliphatic rings. The van der Waals surface area contributed by atoms with Gasteiger partial charge in [-0.25, -0.2) is 4.79 Å². The molecule has 0 atom stereocenters. The van der Waals surface area contributed by atoms with Gasteiger partial charge in [0.25, 0.3) is 5.91 Å². The zero-order valence-electron chi connectivity index (χ0n) is 18.4. The summed E-state index contributed by atoms with van der Waals surface area (Å²) < 4.78 is 11.5. The maximum atomic E-state index is 12.7. The predicted octanol–water partition coefficient (Wildman–Crippen LogP) is 5.79. The number of anilines is 2. The van der Waals surface area contributed by atoms with Gasteiger partial charge in [-0.15, -0.1) is 0 Å². The van der Waals surface area contributed by atoms with Gasteiger partial charge in [-0.2, -0.15) is 0 Å². The zero-order chi connectivity index (χ0) is 23.2. The van der Waals surface area contributed by atoms with Crippen LogP contribution in [0.5, 0.6) is 5.75 Å². The van der Waals surface area contributed by atoms with Crippen molar-refractivity contribution in [3.05, 3.63) is 90.4 Å². The number of nitrogens with one attached hydrogen (secondary N) is 3. The van der Waals surface area contributed by atoms with E-state index in [1.54, 1.807) is 36.4 Å². The van der Waals surface area contributed by atoms with E-state index in [4.69, 9.17) is 9.15 Å². The molecule has 4 rings (SSSR count). The van der Waals surface area contributed by atoms with E-state index >= 15 is 0 Å². The lowest BCUT2D eigenvalue weighted by atomic mass is 10.1. The van der Waals surface area contributed by atoms with E-state index in [9.17, 15) is 9.59 Å². The summed E-state index contributed by atoms with van der Waals surface area (Å²) in [6, 6.07) is 23.8. The molecule has 168 valence electrons. The Labute approximate surface area is 191 Å². The number of carbonyl (C=O) groups is 2. The first kappa shape index (κ1) is 22.0. The van der Waals surface area contributed by atoms with Crippen molar-refractivity contribution in [3.8, 4) is 5.75 Å². The molecule has 3 amide bonds. The third kappa shape index (κ3) is 5.71. The number of para-hydroxylation sites is 2. The molecule has 0 fully saturated rings. The van der Waals surface area contributed by atoms with Crippen molar-refractivity contribution in [2.75, 3.05) is 10.6 Å². The van der Waals surface area contributed by atoms with Crippen molar-refractivity contribution < 1.29 is 18.7 Å². The van der Waals surface area contributed by atoms with Crippen LogP contribution in [0, 0.1) is 0 Å². The monoisotopic (exact) mass is 443 g/mol. The normalized spacial score (nSPS) is 10.8. The second kappa shape index (κ2) is 9.91. The summed E-state index contributed by atoms with van der Waals surface area (Å²) in [5, 5.41) is 10.5. The van der Waals surface area contributed by atoms with Gasteiger partial charge in [-0.05, 0) is 61.0 Å². The second-order valence-electron chi connectivity index (χ2n) is 7.82. The van der Waals surface area contributed by atoms with Crippen LogP contribution in [0.2, 0.25) is 0 Å². The van der Waals surface area contributed by atoms with Crippen LogP contribution in [-0.4, -0.2) is 18.0 Å². The third-order valence-corrected chi connectivity index (χ3v) is 4.83. The molecule has 7 heteroatoms. The summed E-state index contributed by atoms with van der Waals surface area (Å²) in [6.07, 6.45) is 0. The fourth-order valence-electron chi connectivity index (χ4n) is 3.29. The number of benzene rings is 3. The summed E-state index contributed by atoms with van der Waals surface area (Å²) in [5.74, 6) is 0.964. The molecule has 0 spiro atoms. The van der Waals surface area contributed by atoms with E-state index in [1.807, 2.05) is 56.3 Å². The number of urea groups is 1. The molecule has 33 heavy (non-hydrogen) atoms. The Hall–Kier alpha value is -4.26. The first-order chi connectivity index (χ1) is 16.0. The zero-order valence-corrected chi connectivity index (χ0v) is 18.4. The van der Waals surface area contributed by atoms with E-state index in [1.165, 1.54) is 0 Å². The highest BCUT2D eigenvalue weighted by Crippen LogP contribution is 2.24. The topological polar surface area (TPSA) is 92.6 Å². The molecule has 0 radical (unpaired) electrons. The van der Waals surface area contributed by atoms with Crippen molar-refractivity contribution in [2.24, 2.45) is 0 Å². The molecule has 1 heterocycles. The first-order valence-electron chi connectivity index (χ1n) is 10.7. The van der Waals surface area contributed by atoms with Gasteiger partial charge in [0, 0.05) is 6.04 Å². The van der Waals surface area contributed by atoms with Crippen LogP contribution in [0.1, 0.15) is 30.2 Å². The van der Waals surface area contributed by atoms with Crippen molar-refractivity contribution in [2.45, 2.75) is 26.5 Å². The van der Waals surface area contributed by atoms with Gasteiger partial charge in [0.05, 0.1) is 11.4 Å². The molecular weight excluding hydrogens is 418 g/mol. The SMILES string of the molecule is CC(C)NC(=O)Nc1ccccc1NC(=O)c1ccc(COc2ccc3ccccc3c2)o1. The molecule has 0 aliphatic carbocycles. The average molecular weight is 444 g/mol. The molecule has 0 saturated heterocycles. The summed E-state index contributed by atoms with van der Waals surface area (Å²) in [7, 11) is 0. The lowest BCUT2D eigenvalue weighted by molar-refractivity contribution is 0.0992. The van der Waals surface area contributed by atoms with Crippen LogP contribution in [0.15, 0.2) is 83.3 Å². The van der Waals surface area contributed by atoms with Gasteiger partial charge in [-0.1, -0.05) is 42.5 Å². The van der Waals surface area contributed by atoms with Crippen molar-refractivity contribution in [3.63, 3.8) is 0 Å². The molecule has 3 N–H and O–H groups in total. The molecule has 0 bridgehead atoms. The molecular formula is C26H25N3O4. The molecule has 1 aromatic heterocycles. The predicted molar refractivity (Wildman–Crippen MR) is 129 cm³/mol. The maximum Gasteiger partial charge on any atom is 0.319 e. The maximum absolute atomic E-state index is 12.7. The van der Waals surface area contributed by atoms with Crippen LogP contribution in [0.25, 0.3) is 10.8 Å². The third-order valence-electron chi connectivity index (χ3n) is 4.83. The van der Waals surface area contributed by atoms with E-state index in [-0.39, 0.29) is 24.4 Å².